The first-order valence-electron chi connectivity index (χ1n) is 5.73. The molecule has 0 bridgehead atoms. The van der Waals surface area contributed by atoms with E-state index in [1.807, 2.05) is 0 Å². The molecule has 1 aromatic carbocycles. The number of benzene rings is 1. The molecule has 8 heteroatoms. The van der Waals surface area contributed by atoms with Gasteiger partial charge < -0.3 is 11.1 Å². The fraction of sp³-hybridized carbons (Fsp3) is 0.364. The SMILES string of the molecule is Nc1ccc(Br)c(S(=O)(=O)N2CCNC(=O)CC2)c1. The van der Waals surface area contributed by atoms with Gasteiger partial charge in [-0.1, -0.05) is 0 Å². The van der Waals surface area contributed by atoms with Crippen LogP contribution in [0.5, 0.6) is 0 Å². The zero-order valence-electron chi connectivity index (χ0n) is 10.1. The van der Waals surface area contributed by atoms with Gasteiger partial charge in [-0.2, -0.15) is 4.31 Å². The quantitative estimate of drug-likeness (QED) is 0.763. The first kappa shape index (κ1) is 14.3. The molecule has 1 saturated heterocycles. The van der Waals surface area contributed by atoms with E-state index < -0.39 is 10.0 Å². The Morgan fingerprint density at radius 3 is 2.79 bits per heavy atom. The van der Waals surface area contributed by atoms with Crippen molar-refractivity contribution in [3.05, 3.63) is 22.7 Å². The lowest BCUT2D eigenvalue weighted by atomic mass is 10.3. The van der Waals surface area contributed by atoms with E-state index in [-0.39, 0.29) is 30.3 Å². The number of hydrogen-bond donors (Lipinski definition) is 2. The van der Waals surface area contributed by atoms with Gasteiger partial charge in [-0.25, -0.2) is 8.42 Å². The zero-order valence-corrected chi connectivity index (χ0v) is 12.5. The minimum absolute atomic E-state index is 0.127. The van der Waals surface area contributed by atoms with Crippen molar-refractivity contribution in [2.45, 2.75) is 11.3 Å². The highest BCUT2D eigenvalue weighted by Gasteiger charge is 2.28. The van der Waals surface area contributed by atoms with E-state index in [4.69, 9.17) is 5.73 Å². The molecule has 0 atom stereocenters. The Morgan fingerprint density at radius 2 is 2.05 bits per heavy atom. The highest BCUT2D eigenvalue weighted by Crippen LogP contribution is 2.27. The monoisotopic (exact) mass is 347 g/mol. The van der Waals surface area contributed by atoms with Crippen LogP contribution in [0.15, 0.2) is 27.6 Å². The van der Waals surface area contributed by atoms with Crippen LogP contribution < -0.4 is 11.1 Å². The molecular weight excluding hydrogens is 334 g/mol. The summed E-state index contributed by atoms with van der Waals surface area (Å²) in [5.41, 5.74) is 6.02. The van der Waals surface area contributed by atoms with Crippen LogP contribution in [-0.4, -0.2) is 38.3 Å². The molecule has 1 aromatic rings. The summed E-state index contributed by atoms with van der Waals surface area (Å²) in [5.74, 6) is -0.135. The predicted octanol–water partition coefficient (Wildman–Crippen LogP) is 0.542. The average Bonchev–Trinajstić information content (AvgIpc) is 2.57. The van der Waals surface area contributed by atoms with Gasteiger partial charge in [-0.05, 0) is 34.1 Å². The lowest BCUT2D eigenvalue weighted by Gasteiger charge is -2.20. The first-order valence-corrected chi connectivity index (χ1v) is 7.96. The van der Waals surface area contributed by atoms with Crippen molar-refractivity contribution in [1.82, 2.24) is 9.62 Å². The number of hydrogen-bond acceptors (Lipinski definition) is 4. The maximum atomic E-state index is 12.5. The van der Waals surface area contributed by atoms with Gasteiger partial charge in [-0.15, -0.1) is 0 Å². The average molecular weight is 348 g/mol. The minimum Gasteiger partial charge on any atom is -0.399 e. The topological polar surface area (TPSA) is 92.5 Å². The summed E-state index contributed by atoms with van der Waals surface area (Å²) in [6.07, 6.45) is 0.166. The number of nitrogens with one attached hydrogen (secondary N) is 1. The van der Waals surface area contributed by atoms with Gasteiger partial charge >= 0.3 is 0 Å². The van der Waals surface area contributed by atoms with E-state index in [0.29, 0.717) is 16.7 Å². The fourth-order valence-electron chi connectivity index (χ4n) is 1.84. The lowest BCUT2D eigenvalue weighted by molar-refractivity contribution is -0.120. The Morgan fingerprint density at radius 1 is 1.32 bits per heavy atom. The molecule has 3 N–H and O–H groups in total. The molecule has 1 aliphatic heterocycles. The summed E-state index contributed by atoms with van der Waals surface area (Å²) in [7, 11) is -3.65. The van der Waals surface area contributed by atoms with Gasteiger partial charge in [-0.3, -0.25) is 4.79 Å². The molecule has 1 heterocycles. The van der Waals surface area contributed by atoms with E-state index in [2.05, 4.69) is 21.2 Å². The van der Waals surface area contributed by atoms with E-state index in [0.717, 1.165) is 0 Å². The van der Waals surface area contributed by atoms with Gasteiger partial charge in [0.2, 0.25) is 15.9 Å². The molecule has 1 aliphatic rings. The van der Waals surface area contributed by atoms with Crippen molar-refractivity contribution >= 4 is 37.5 Å². The first-order chi connectivity index (χ1) is 8.91. The van der Waals surface area contributed by atoms with Crippen LogP contribution >= 0.6 is 15.9 Å². The maximum Gasteiger partial charge on any atom is 0.244 e. The minimum atomic E-state index is -3.65. The molecule has 0 saturated carbocycles. The summed E-state index contributed by atoms with van der Waals surface area (Å²) in [6, 6.07) is 4.64. The van der Waals surface area contributed by atoms with Gasteiger partial charge in [0.15, 0.2) is 0 Å². The van der Waals surface area contributed by atoms with Gasteiger partial charge in [0.1, 0.15) is 0 Å². The number of halogens is 1. The van der Waals surface area contributed by atoms with Crippen molar-refractivity contribution < 1.29 is 13.2 Å². The van der Waals surface area contributed by atoms with Crippen molar-refractivity contribution in [1.29, 1.82) is 0 Å². The molecule has 1 fully saturated rings. The summed E-state index contributed by atoms with van der Waals surface area (Å²) in [4.78, 5) is 11.4. The normalized spacial score (nSPS) is 17.8. The smallest absolute Gasteiger partial charge is 0.244 e. The van der Waals surface area contributed by atoms with Crippen LogP contribution in [-0.2, 0) is 14.8 Å². The molecular formula is C11H14BrN3O3S. The Bertz CT molecular complexity index is 603. The Hall–Kier alpha value is -1.12. The third-order valence-corrected chi connectivity index (χ3v) is 5.74. The Labute approximate surface area is 120 Å². The lowest BCUT2D eigenvalue weighted by Crippen LogP contribution is -2.34. The maximum absolute atomic E-state index is 12.5. The molecule has 6 nitrogen and oxygen atoms in total. The molecule has 2 rings (SSSR count). The number of nitrogens with two attached hydrogens (primary N) is 1. The highest BCUT2D eigenvalue weighted by molar-refractivity contribution is 9.10. The molecule has 0 radical (unpaired) electrons. The molecule has 0 spiro atoms. The van der Waals surface area contributed by atoms with Crippen LogP contribution in [0.1, 0.15) is 6.42 Å². The third-order valence-electron chi connectivity index (χ3n) is 2.84. The van der Waals surface area contributed by atoms with Gasteiger partial charge in [0, 0.05) is 36.2 Å². The molecule has 0 aromatic heterocycles. The second-order valence-electron chi connectivity index (χ2n) is 4.19. The number of nitrogens with zero attached hydrogens (tertiary/aromatic N) is 1. The Balaban J connectivity index is 2.36. The van der Waals surface area contributed by atoms with Crippen LogP contribution in [0.4, 0.5) is 5.69 Å². The Kier molecular flexibility index (Phi) is 4.12. The van der Waals surface area contributed by atoms with Crippen LogP contribution in [0.3, 0.4) is 0 Å². The number of carbonyl (C=O) groups is 1. The van der Waals surface area contributed by atoms with Crippen molar-refractivity contribution in [2.24, 2.45) is 0 Å². The molecule has 0 aliphatic carbocycles. The summed E-state index contributed by atoms with van der Waals surface area (Å²) < 4.78 is 26.8. The fourth-order valence-corrected chi connectivity index (χ4v) is 4.24. The van der Waals surface area contributed by atoms with E-state index in [1.54, 1.807) is 12.1 Å². The van der Waals surface area contributed by atoms with E-state index >= 15 is 0 Å². The standard InChI is InChI=1S/C11H14BrN3O3S/c12-9-2-1-8(13)7-10(9)19(17,18)15-5-3-11(16)14-4-6-15/h1-2,7H,3-6,13H2,(H,14,16). The van der Waals surface area contributed by atoms with Gasteiger partial charge in [0.05, 0.1) is 4.90 Å². The van der Waals surface area contributed by atoms with Crippen LogP contribution in [0.2, 0.25) is 0 Å². The molecule has 1 amide bonds. The second kappa shape index (κ2) is 5.48. The second-order valence-corrected chi connectivity index (χ2v) is 6.95. The van der Waals surface area contributed by atoms with E-state index in [9.17, 15) is 13.2 Å². The van der Waals surface area contributed by atoms with Crippen molar-refractivity contribution in [3.63, 3.8) is 0 Å². The summed E-state index contributed by atoms with van der Waals surface area (Å²) >= 11 is 3.22. The molecule has 0 unspecified atom stereocenters. The van der Waals surface area contributed by atoms with Crippen molar-refractivity contribution in [2.75, 3.05) is 25.4 Å². The third kappa shape index (κ3) is 3.07. The number of sulfonamides is 1. The highest BCUT2D eigenvalue weighted by atomic mass is 79.9. The summed E-state index contributed by atoms with van der Waals surface area (Å²) in [6.45, 7) is 0.753. The van der Waals surface area contributed by atoms with Crippen molar-refractivity contribution in [3.8, 4) is 0 Å². The number of rotatable bonds is 2. The largest absolute Gasteiger partial charge is 0.399 e. The van der Waals surface area contributed by atoms with Crippen LogP contribution in [0.25, 0.3) is 0 Å². The zero-order chi connectivity index (χ0) is 14.0. The van der Waals surface area contributed by atoms with E-state index in [1.165, 1.54) is 10.4 Å². The number of amides is 1. The van der Waals surface area contributed by atoms with Gasteiger partial charge in [0.25, 0.3) is 0 Å². The molecule has 19 heavy (non-hydrogen) atoms. The number of anilines is 1. The molecule has 104 valence electrons. The predicted molar refractivity (Wildman–Crippen MR) is 74.9 cm³/mol. The van der Waals surface area contributed by atoms with Crippen LogP contribution in [0, 0.1) is 0 Å². The summed E-state index contributed by atoms with van der Waals surface area (Å²) in [5, 5.41) is 2.64. The number of nitrogen functional groups attached to an aromatic ring is 1. The number of carbonyl (C=O) groups excluding carboxylic acids is 1.